The number of halogens is 3. The molecule has 0 fully saturated rings. The minimum absolute atomic E-state index is 0.172. The van der Waals surface area contributed by atoms with Crippen LogP contribution in [-0.4, -0.2) is 23.9 Å². The highest BCUT2D eigenvalue weighted by atomic mass is 35.5. The molecule has 3 nitrogen and oxygen atoms in total. The molecule has 2 rings (SSSR count). The molecule has 1 N–H and O–H groups in total. The van der Waals surface area contributed by atoms with Crippen LogP contribution in [0.3, 0.4) is 0 Å². The number of hydrogen-bond acceptors (Lipinski definition) is 2. The Kier molecular flexibility index (Phi) is 5.99. The van der Waals surface area contributed by atoms with Crippen molar-refractivity contribution in [3.8, 4) is 0 Å². The predicted octanol–water partition coefficient (Wildman–Crippen LogP) is 4.59. The summed E-state index contributed by atoms with van der Waals surface area (Å²) >= 11 is 11.8. The maximum absolute atomic E-state index is 13.0. The number of likely N-dealkylation sites (N-methyl/N-ethyl adjacent to an activating group) is 1. The number of nitrogens with one attached hydrogen (secondary N) is 1. The summed E-state index contributed by atoms with van der Waals surface area (Å²) in [5.74, 6) is -0.657. The van der Waals surface area contributed by atoms with E-state index in [-0.39, 0.29) is 17.0 Å². The van der Waals surface area contributed by atoms with Crippen molar-refractivity contribution >= 4 is 34.8 Å². The molecule has 6 heteroatoms. The van der Waals surface area contributed by atoms with Gasteiger partial charge in [0.15, 0.2) is 0 Å². The number of hydrogen-bond donors (Lipinski definition) is 1. The average molecular weight is 355 g/mol. The Morgan fingerprint density at radius 2 is 1.87 bits per heavy atom. The highest BCUT2D eigenvalue weighted by Gasteiger charge is 2.19. The largest absolute Gasteiger partial charge is 0.323 e. The fourth-order valence-electron chi connectivity index (χ4n) is 2.04. The third kappa shape index (κ3) is 4.93. The van der Waals surface area contributed by atoms with Gasteiger partial charge in [-0.2, -0.15) is 0 Å². The third-order valence-corrected chi connectivity index (χ3v) is 4.14. The molecule has 1 atom stereocenters. The summed E-state index contributed by atoms with van der Waals surface area (Å²) in [6, 6.07) is 10.9. The second-order valence-electron chi connectivity index (χ2n) is 5.33. The van der Waals surface area contributed by atoms with E-state index in [1.807, 2.05) is 36.2 Å². The Balaban J connectivity index is 1.99. The fraction of sp³-hybridized carbons (Fsp3) is 0.235. The second kappa shape index (κ2) is 7.77. The van der Waals surface area contributed by atoms with E-state index >= 15 is 0 Å². The SMILES string of the molecule is C[C@H](C(=O)Nc1ccc(F)cc1Cl)N(C)Cc1ccc(Cl)cc1. The quantitative estimate of drug-likeness (QED) is 0.851. The lowest BCUT2D eigenvalue weighted by Crippen LogP contribution is -2.39. The number of rotatable bonds is 5. The minimum atomic E-state index is -0.444. The van der Waals surface area contributed by atoms with E-state index in [0.29, 0.717) is 17.3 Å². The van der Waals surface area contributed by atoms with Gasteiger partial charge in [0.1, 0.15) is 5.82 Å². The van der Waals surface area contributed by atoms with E-state index in [2.05, 4.69) is 5.32 Å². The second-order valence-corrected chi connectivity index (χ2v) is 6.17. The van der Waals surface area contributed by atoms with Crippen LogP contribution in [0.4, 0.5) is 10.1 Å². The number of carbonyl (C=O) groups excluding carboxylic acids is 1. The van der Waals surface area contributed by atoms with E-state index in [9.17, 15) is 9.18 Å². The monoisotopic (exact) mass is 354 g/mol. The molecule has 2 aromatic carbocycles. The molecule has 0 aliphatic rings. The van der Waals surface area contributed by atoms with Crippen LogP contribution in [0.5, 0.6) is 0 Å². The van der Waals surface area contributed by atoms with Crippen molar-refractivity contribution in [1.82, 2.24) is 4.90 Å². The smallest absolute Gasteiger partial charge is 0.241 e. The lowest BCUT2D eigenvalue weighted by Gasteiger charge is -2.24. The van der Waals surface area contributed by atoms with Crippen molar-refractivity contribution in [2.24, 2.45) is 0 Å². The van der Waals surface area contributed by atoms with Crippen LogP contribution in [0, 0.1) is 5.82 Å². The molecular weight excluding hydrogens is 338 g/mol. The van der Waals surface area contributed by atoms with Crippen molar-refractivity contribution in [2.75, 3.05) is 12.4 Å². The van der Waals surface area contributed by atoms with Gasteiger partial charge in [0.2, 0.25) is 5.91 Å². The maximum atomic E-state index is 13.0. The lowest BCUT2D eigenvalue weighted by atomic mass is 10.2. The molecule has 1 amide bonds. The minimum Gasteiger partial charge on any atom is -0.323 e. The number of anilines is 1. The molecule has 0 aliphatic carbocycles. The Morgan fingerprint density at radius 1 is 1.22 bits per heavy atom. The Labute approximate surface area is 145 Å². The van der Waals surface area contributed by atoms with Crippen LogP contribution < -0.4 is 5.32 Å². The molecule has 0 aromatic heterocycles. The van der Waals surface area contributed by atoms with Gasteiger partial charge in [-0.3, -0.25) is 9.69 Å². The van der Waals surface area contributed by atoms with Crippen molar-refractivity contribution < 1.29 is 9.18 Å². The van der Waals surface area contributed by atoms with Crippen LogP contribution in [0.25, 0.3) is 0 Å². The van der Waals surface area contributed by atoms with Crippen LogP contribution >= 0.6 is 23.2 Å². The van der Waals surface area contributed by atoms with Crippen LogP contribution in [-0.2, 0) is 11.3 Å². The summed E-state index contributed by atoms with van der Waals surface area (Å²) < 4.78 is 13.0. The van der Waals surface area contributed by atoms with Gasteiger partial charge in [-0.1, -0.05) is 35.3 Å². The van der Waals surface area contributed by atoms with Crippen molar-refractivity contribution in [3.05, 3.63) is 63.9 Å². The number of nitrogens with zero attached hydrogens (tertiary/aromatic N) is 1. The maximum Gasteiger partial charge on any atom is 0.241 e. The van der Waals surface area contributed by atoms with Crippen molar-refractivity contribution in [3.63, 3.8) is 0 Å². The molecule has 0 heterocycles. The first-order valence-electron chi connectivity index (χ1n) is 7.07. The van der Waals surface area contributed by atoms with Crippen molar-refractivity contribution in [1.29, 1.82) is 0 Å². The first-order chi connectivity index (χ1) is 10.9. The van der Waals surface area contributed by atoms with E-state index < -0.39 is 5.82 Å². The van der Waals surface area contributed by atoms with E-state index in [4.69, 9.17) is 23.2 Å². The normalized spacial score (nSPS) is 12.3. The molecule has 0 aliphatic heterocycles. The summed E-state index contributed by atoms with van der Waals surface area (Å²) in [6.45, 7) is 2.39. The Bertz CT molecular complexity index is 691. The first-order valence-corrected chi connectivity index (χ1v) is 7.83. The summed E-state index contributed by atoms with van der Waals surface area (Å²) in [5.41, 5.74) is 1.45. The van der Waals surface area contributed by atoms with Crippen LogP contribution in [0.15, 0.2) is 42.5 Å². The summed E-state index contributed by atoms with van der Waals surface area (Å²) in [5, 5.41) is 3.56. The summed E-state index contributed by atoms with van der Waals surface area (Å²) in [4.78, 5) is 14.2. The van der Waals surface area contributed by atoms with Crippen LogP contribution in [0.1, 0.15) is 12.5 Å². The molecule has 0 saturated heterocycles. The van der Waals surface area contributed by atoms with Gasteiger partial charge in [0.05, 0.1) is 16.8 Å². The molecular formula is C17H17Cl2FN2O. The molecule has 0 bridgehead atoms. The molecule has 0 saturated carbocycles. The molecule has 0 unspecified atom stereocenters. The summed E-state index contributed by atoms with van der Waals surface area (Å²) in [6.07, 6.45) is 0. The highest BCUT2D eigenvalue weighted by Crippen LogP contribution is 2.23. The first kappa shape index (κ1) is 17.7. The van der Waals surface area contributed by atoms with Gasteiger partial charge >= 0.3 is 0 Å². The highest BCUT2D eigenvalue weighted by molar-refractivity contribution is 6.33. The number of benzene rings is 2. The topological polar surface area (TPSA) is 32.3 Å². The van der Waals surface area contributed by atoms with E-state index in [0.717, 1.165) is 5.56 Å². The molecule has 23 heavy (non-hydrogen) atoms. The Morgan fingerprint density at radius 3 is 2.48 bits per heavy atom. The zero-order valence-electron chi connectivity index (χ0n) is 12.8. The van der Waals surface area contributed by atoms with Gasteiger partial charge in [-0.05, 0) is 49.9 Å². The number of amides is 1. The lowest BCUT2D eigenvalue weighted by molar-refractivity contribution is -0.120. The van der Waals surface area contributed by atoms with Gasteiger partial charge in [-0.15, -0.1) is 0 Å². The third-order valence-electron chi connectivity index (χ3n) is 3.57. The number of carbonyl (C=O) groups is 1. The predicted molar refractivity (Wildman–Crippen MR) is 92.4 cm³/mol. The van der Waals surface area contributed by atoms with E-state index in [1.54, 1.807) is 6.92 Å². The van der Waals surface area contributed by atoms with Crippen LogP contribution in [0.2, 0.25) is 10.0 Å². The standard InChI is InChI=1S/C17H17Cl2FN2O/c1-11(22(2)10-12-3-5-13(18)6-4-12)17(23)21-16-8-7-14(20)9-15(16)19/h3-9,11H,10H2,1-2H3,(H,21,23)/t11-/m1/s1. The zero-order valence-corrected chi connectivity index (χ0v) is 14.3. The molecule has 122 valence electrons. The van der Waals surface area contributed by atoms with Gasteiger partial charge in [-0.25, -0.2) is 4.39 Å². The van der Waals surface area contributed by atoms with Crippen molar-refractivity contribution in [2.45, 2.75) is 19.5 Å². The molecule has 0 radical (unpaired) electrons. The van der Waals surface area contributed by atoms with Gasteiger partial charge in [0, 0.05) is 11.6 Å². The van der Waals surface area contributed by atoms with E-state index in [1.165, 1.54) is 18.2 Å². The van der Waals surface area contributed by atoms with Gasteiger partial charge in [0.25, 0.3) is 0 Å². The fourth-order valence-corrected chi connectivity index (χ4v) is 2.38. The molecule has 2 aromatic rings. The summed E-state index contributed by atoms with van der Waals surface area (Å²) in [7, 11) is 1.85. The average Bonchev–Trinajstić information content (AvgIpc) is 2.51. The zero-order chi connectivity index (χ0) is 17.0. The van der Waals surface area contributed by atoms with Gasteiger partial charge < -0.3 is 5.32 Å². The molecule has 0 spiro atoms. The Hall–Kier alpha value is -1.62.